The molecule has 2 aromatic heterocycles. The van der Waals surface area contributed by atoms with Gasteiger partial charge < -0.3 is 25.0 Å². The van der Waals surface area contributed by atoms with Crippen LogP contribution >= 0.6 is 11.3 Å². The number of esters is 1. The van der Waals surface area contributed by atoms with Gasteiger partial charge in [-0.15, -0.1) is 11.3 Å². The van der Waals surface area contributed by atoms with Gasteiger partial charge in [-0.2, -0.15) is 0 Å². The molecule has 0 saturated heterocycles. The van der Waals surface area contributed by atoms with Gasteiger partial charge >= 0.3 is 12.0 Å². The van der Waals surface area contributed by atoms with Crippen molar-refractivity contribution in [3.05, 3.63) is 70.0 Å². The Hall–Kier alpha value is -3.59. The van der Waals surface area contributed by atoms with Crippen LogP contribution in [0.3, 0.4) is 0 Å². The van der Waals surface area contributed by atoms with Gasteiger partial charge in [0.1, 0.15) is 5.75 Å². The van der Waals surface area contributed by atoms with Crippen LogP contribution in [0.25, 0.3) is 10.4 Å². The van der Waals surface area contributed by atoms with Crippen LogP contribution in [-0.4, -0.2) is 28.3 Å². The molecule has 3 rings (SSSR count). The zero-order valence-electron chi connectivity index (χ0n) is 17.1. The largest absolute Gasteiger partial charge is 0.505 e. The summed E-state index contributed by atoms with van der Waals surface area (Å²) in [5.74, 6) is -0.802. The Morgan fingerprint density at radius 1 is 1.16 bits per heavy atom. The second-order valence-corrected chi connectivity index (χ2v) is 7.84. The van der Waals surface area contributed by atoms with Crippen LogP contribution in [0.5, 0.6) is 5.75 Å². The molecule has 2 amide bonds. The second kappa shape index (κ2) is 9.94. The summed E-state index contributed by atoms with van der Waals surface area (Å²) >= 11 is 1.45. The van der Waals surface area contributed by atoms with Crippen molar-refractivity contribution in [2.24, 2.45) is 7.05 Å². The Labute approximate surface area is 183 Å². The monoisotopic (exact) mass is 441 g/mol. The minimum absolute atomic E-state index is 0.0746. The highest BCUT2D eigenvalue weighted by molar-refractivity contribution is 7.15. The highest BCUT2D eigenvalue weighted by Crippen LogP contribution is 2.33. The number of aryl methyl sites for hydroxylation is 1. The topological polar surface area (TPSA) is 110 Å². The van der Waals surface area contributed by atoms with E-state index < -0.39 is 23.6 Å². The number of nitrogens with zero attached hydrogens (tertiary/aromatic N) is 1. The van der Waals surface area contributed by atoms with Gasteiger partial charge in [0.15, 0.2) is 5.69 Å². The number of amides is 2. The normalized spacial score (nSPS) is 11.5. The lowest BCUT2D eigenvalue weighted by molar-refractivity contribution is -0.143. The first kappa shape index (κ1) is 22.1. The van der Waals surface area contributed by atoms with Gasteiger partial charge in [0.25, 0.3) is 5.56 Å². The number of hydrogen-bond acceptors (Lipinski definition) is 6. The van der Waals surface area contributed by atoms with Crippen LogP contribution in [0.4, 0.5) is 10.5 Å². The number of urea groups is 1. The molecule has 1 aromatic carbocycles. The number of pyridine rings is 1. The van der Waals surface area contributed by atoms with E-state index in [2.05, 4.69) is 10.6 Å². The molecule has 8 nitrogen and oxygen atoms in total. The third kappa shape index (κ3) is 5.52. The molecule has 0 bridgehead atoms. The van der Waals surface area contributed by atoms with Crippen LogP contribution in [0.15, 0.2) is 59.5 Å². The van der Waals surface area contributed by atoms with Gasteiger partial charge in [0.2, 0.25) is 0 Å². The van der Waals surface area contributed by atoms with Gasteiger partial charge in [-0.1, -0.05) is 30.3 Å². The van der Waals surface area contributed by atoms with Crippen molar-refractivity contribution in [2.75, 3.05) is 11.9 Å². The van der Waals surface area contributed by atoms with Gasteiger partial charge in [0, 0.05) is 23.0 Å². The van der Waals surface area contributed by atoms with Gasteiger partial charge in [-0.3, -0.25) is 9.59 Å². The number of thiophene rings is 1. The zero-order chi connectivity index (χ0) is 22.4. The van der Waals surface area contributed by atoms with Crippen molar-refractivity contribution in [1.29, 1.82) is 0 Å². The molecule has 162 valence electrons. The maximum atomic E-state index is 12.6. The Kier molecular flexibility index (Phi) is 7.09. The summed E-state index contributed by atoms with van der Waals surface area (Å²) in [7, 11) is 1.51. The molecule has 3 N–H and O–H groups in total. The first-order chi connectivity index (χ1) is 14.9. The number of nitrogens with one attached hydrogen (secondary N) is 2. The smallest absolute Gasteiger partial charge is 0.320 e. The molecule has 0 aliphatic carbocycles. The molecule has 3 aromatic rings. The molecule has 0 unspecified atom stereocenters. The van der Waals surface area contributed by atoms with Gasteiger partial charge in [-0.25, -0.2) is 4.79 Å². The lowest BCUT2D eigenvalue weighted by atomic mass is 10.1. The second-order valence-electron chi connectivity index (χ2n) is 6.72. The molecule has 0 spiro atoms. The Balaban J connectivity index is 1.82. The van der Waals surface area contributed by atoms with E-state index in [0.29, 0.717) is 0 Å². The minimum atomic E-state index is -0.720. The first-order valence-electron chi connectivity index (χ1n) is 9.66. The molecule has 0 saturated carbocycles. The number of hydrogen-bond donors (Lipinski definition) is 3. The maximum Gasteiger partial charge on any atom is 0.320 e. The number of rotatable bonds is 7. The molecule has 9 heteroatoms. The fourth-order valence-corrected chi connectivity index (χ4v) is 4.02. The number of carbonyl (C=O) groups is 2. The van der Waals surface area contributed by atoms with Crippen molar-refractivity contribution in [1.82, 2.24) is 9.88 Å². The van der Waals surface area contributed by atoms with Crippen LogP contribution in [0.2, 0.25) is 0 Å². The van der Waals surface area contributed by atoms with E-state index in [0.717, 1.165) is 15.3 Å². The Bertz CT molecular complexity index is 1120. The number of benzene rings is 1. The molecular formula is C22H23N3O5S. The van der Waals surface area contributed by atoms with E-state index in [1.54, 1.807) is 6.92 Å². The highest BCUT2D eigenvalue weighted by atomic mass is 32.1. The summed E-state index contributed by atoms with van der Waals surface area (Å²) in [6.45, 7) is 1.94. The Morgan fingerprint density at radius 2 is 1.90 bits per heavy atom. The molecule has 0 aliphatic heterocycles. The third-order valence-electron chi connectivity index (χ3n) is 4.49. The predicted octanol–water partition coefficient (Wildman–Crippen LogP) is 3.64. The van der Waals surface area contributed by atoms with Gasteiger partial charge in [0.05, 0.1) is 19.1 Å². The summed E-state index contributed by atoms with van der Waals surface area (Å²) in [5, 5.41) is 15.0. The SMILES string of the molecule is CCOC(=O)C[C@H](NC(=O)Nc1c(O)ccn(C)c1=O)c1ccc(-c2ccccc2)s1. The number of anilines is 1. The van der Waals surface area contributed by atoms with Crippen molar-refractivity contribution in [3.8, 4) is 16.2 Å². The van der Waals surface area contributed by atoms with E-state index in [9.17, 15) is 19.5 Å². The number of aromatic hydroxyl groups is 1. The quantitative estimate of drug-likeness (QED) is 0.485. The fourth-order valence-electron chi connectivity index (χ4n) is 2.95. The van der Waals surface area contributed by atoms with Crippen LogP contribution in [-0.2, 0) is 16.6 Å². The molecular weight excluding hydrogens is 418 g/mol. The van der Waals surface area contributed by atoms with E-state index in [1.807, 2.05) is 42.5 Å². The Morgan fingerprint density at radius 3 is 2.61 bits per heavy atom. The van der Waals surface area contributed by atoms with Crippen LogP contribution in [0.1, 0.15) is 24.3 Å². The number of aromatic nitrogens is 1. The standard InChI is InChI=1S/C22H23N3O5S/c1-3-30-19(27)13-15(18-10-9-17(31-18)14-7-5-4-6-8-14)23-22(29)24-20-16(26)11-12-25(2)21(20)28/h4-12,15,26H,3,13H2,1-2H3,(H2,23,24,29)/t15-/m0/s1. The summed E-state index contributed by atoms with van der Waals surface area (Å²) in [4.78, 5) is 38.6. The molecule has 0 radical (unpaired) electrons. The highest BCUT2D eigenvalue weighted by Gasteiger charge is 2.22. The molecule has 2 heterocycles. The predicted molar refractivity (Wildman–Crippen MR) is 119 cm³/mol. The summed E-state index contributed by atoms with van der Waals surface area (Å²) in [6, 6.07) is 13.4. The summed E-state index contributed by atoms with van der Waals surface area (Å²) in [5.41, 5.74) is 0.226. The average molecular weight is 442 g/mol. The van der Waals surface area contributed by atoms with Crippen molar-refractivity contribution in [3.63, 3.8) is 0 Å². The molecule has 31 heavy (non-hydrogen) atoms. The van der Waals surface area contributed by atoms with Crippen LogP contribution < -0.4 is 16.2 Å². The van der Waals surface area contributed by atoms with E-state index in [-0.39, 0.29) is 24.5 Å². The summed E-state index contributed by atoms with van der Waals surface area (Å²) < 4.78 is 6.27. The van der Waals surface area contributed by atoms with Gasteiger partial charge in [-0.05, 0) is 30.7 Å². The molecule has 0 aliphatic rings. The number of carbonyl (C=O) groups excluding carboxylic acids is 2. The van der Waals surface area contributed by atoms with Crippen molar-refractivity contribution in [2.45, 2.75) is 19.4 Å². The minimum Gasteiger partial charge on any atom is -0.505 e. The van der Waals surface area contributed by atoms with Crippen molar-refractivity contribution >= 4 is 29.0 Å². The van der Waals surface area contributed by atoms with E-state index >= 15 is 0 Å². The molecule has 1 atom stereocenters. The maximum absolute atomic E-state index is 12.6. The van der Waals surface area contributed by atoms with E-state index in [1.165, 1.54) is 35.2 Å². The lowest BCUT2D eigenvalue weighted by Gasteiger charge is -2.17. The first-order valence-corrected chi connectivity index (χ1v) is 10.5. The van der Waals surface area contributed by atoms with Crippen LogP contribution in [0, 0.1) is 0 Å². The lowest BCUT2D eigenvalue weighted by Crippen LogP contribution is -2.35. The summed E-state index contributed by atoms with van der Waals surface area (Å²) in [6.07, 6.45) is 1.32. The zero-order valence-corrected chi connectivity index (χ0v) is 17.9. The molecule has 0 fully saturated rings. The third-order valence-corrected chi connectivity index (χ3v) is 5.74. The fraction of sp³-hybridized carbons (Fsp3) is 0.227. The van der Waals surface area contributed by atoms with E-state index in [4.69, 9.17) is 4.74 Å². The number of ether oxygens (including phenoxy) is 1. The average Bonchev–Trinajstić information content (AvgIpc) is 3.25. The van der Waals surface area contributed by atoms with Crippen molar-refractivity contribution < 1.29 is 19.4 Å².